The van der Waals surface area contributed by atoms with Crippen molar-refractivity contribution in [2.75, 3.05) is 6.61 Å². The molecule has 0 aromatic carbocycles. The predicted molar refractivity (Wildman–Crippen MR) is 67.8 cm³/mol. The van der Waals surface area contributed by atoms with E-state index in [4.69, 9.17) is 15.0 Å². The average Bonchev–Trinajstić information content (AvgIpc) is 2.70. The fourth-order valence-corrected chi connectivity index (χ4v) is 2.19. The van der Waals surface area contributed by atoms with Crippen LogP contribution in [0.2, 0.25) is 0 Å². The van der Waals surface area contributed by atoms with E-state index in [-0.39, 0.29) is 11.5 Å². The van der Waals surface area contributed by atoms with Crippen molar-refractivity contribution in [3.8, 4) is 0 Å². The standard InChI is InChI=1S/C13H23N3O2/c1-5-17-9(12(2,3)4)10-15-11(18-16-10)13(14)7-6-8-13/h9H,5-8,14H2,1-4H3. The van der Waals surface area contributed by atoms with Crippen LogP contribution in [0.4, 0.5) is 0 Å². The van der Waals surface area contributed by atoms with E-state index in [2.05, 4.69) is 30.9 Å². The SMILES string of the molecule is CCOC(c1noc(C2(N)CCC2)n1)C(C)(C)C. The van der Waals surface area contributed by atoms with Crippen molar-refractivity contribution in [1.82, 2.24) is 10.1 Å². The maximum atomic E-state index is 6.18. The molecule has 1 atom stereocenters. The van der Waals surface area contributed by atoms with E-state index < -0.39 is 5.54 Å². The van der Waals surface area contributed by atoms with E-state index >= 15 is 0 Å². The van der Waals surface area contributed by atoms with Gasteiger partial charge in [0.25, 0.3) is 0 Å². The van der Waals surface area contributed by atoms with Crippen molar-refractivity contribution in [2.45, 2.75) is 58.6 Å². The summed E-state index contributed by atoms with van der Waals surface area (Å²) < 4.78 is 11.1. The summed E-state index contributed by atoms with van der Waals surface area (Å²) in [6.45, 7) is 8.90. The molecule has 102 valence electrons. The Kier molecular flexibility index (Phi) is 3.47. The van der Waals surface area contributed by atoms with Crippen molar-refractivity contribution in [2.24, 2.45) is 11.1 Å². The number of nitrogens with two attached hydrogens (primary N) is 1. The Morgan fingerprint density at radius 1 is 1.44 bits per heavy atom. The number of aromatic nitrogens is 2. The smallest absolute Gasteiger partial charge is 0.246 e. The summed E-state index contributed by atoms with van der Waals surface area (Å²) in [6, 6.07) is 0. The summed E-state index contributed by atoms with van der Waals surface area (Å²) in [7, 11) is 0. The number of rotatable bonds is 4. The molecule has 1 aromatic rings. The van der Waals surface area contributed by atoms with E-state index in [1.165, 1.54) is 0 Å². The molecule has 1 heterocycles. The fraction of sp³-hybridized carbons (Fsp3) is 0.846. The van der Waals surface area contributed by atoms with Crippen LogP contribution in [-0.4, -0.2) is 16.7 Å². The molecule has 1 aliphatic rings. The molecule has 2 rings (SSSR count). The van der Waals surface area contributed by atoms with Gasteiger partial charge in [0.2, 0.25) is 11.7 Å². The maximum Gasteiger partial charge on any atom is 0.246 e. The van der Waals surface area contributed by atoms with Gasteiger partial charge in [-0.15, -0.1) is 0 Å². The van der Waals surface area contributed by atoms with Crippen molar-refractivity contribution >= 4 is 0 Å². The molecule has 2 N–H and O–H groups in total. The third kappa shape index (κ3) is 2.42. The van der Waals surface area contributed by atoms with Gasteiger partial charge in [-0.2, -0.15) is 4.98 Å². The first-order valence-corrected chi connectivity index (χ1v) is 6.61. The number of nitrogens with zero attached hydrogens (tertiary/aromatic N) is 2. The zero-order chi connectivity index (χ0) is 13.4. The van der Waals surface area contributed by atoms with Crippen LogP contribution in [0.5, 0.6) is 0 Å². The molecule has 18 heavy (non-hydrogen) atoms. The van der Waals surface area contributed by atoms with Crippen LogP contribution < -0.4 is 5.73 Å². The van der Waals surface area contributed by atoms with E-state index in [9.17, 15) is 0 Å². The van der Waals surface area contributed by atoms with E-state index in [1.54, 1.807) is 0 Å². The Bertz CT molecular complexity index is 405. The lowest BCUT2D eigenvalue weighted by atomic mass is 9.77. The second-order valence-electron chi connectivity index (χ2n) is 6.17. The quantitative estimate of drug-likeness (QED) is 0.892. The minimum Gasteiger partial charge on any atom is -0.370 e. The van der Waals surface area contributed by atoms with Crippen molar-refractivity contribution < 1.29 is 9.26 Å². The summed E-state index contributed by atoms with van der Waals surface area (Å²) in [5.74, 6) is 1.16. The zero-order valence-electron chi connectivity index (χ0n) is 11.7. The van der Waals surface area contributed by atoms with Crippen LogP contribution in [0.15, 0.2) is 4.52 Å². The molecule has 5 heteroatoms. The Hall–Kier alpha value is -0.940. The monoisotopic (exact) mass is 253 g/mol. The number of ether oxygens (including phenoxy) is 1. The van der Waals surface area contributed by atoms with Crippen LogP contribution in [0.3, 0.4) is 0 Å². The molecule has 0 spiro atoms. The van der Waals surface area contributed by atoms with Crippen LogP contribution in [0.1, 0.15) is 64.8 Å². The molecule has 0 radical (unpaired) electrons. The first kappa shape index (κ1) is 13.5. The van der Waals surface area contributed by atoms with Crippen molar-refractivity contribution in [1.29, 1.82) is 0 Å². The highest BCUT2D eigenvalue weighted by Crippen LogP contribution is 2.40. The molecular formula is C13H23N3O2. The van der Waals surface area contributed by atoms with E-state index in [0.29, 0.717) is 18.3 Å². The number of hydrogen-bond acceptors (Lipinski definition) is 5. The molecule has 1 unspecified atom stereocenters. The molecule has 1 aromatic heterocycles. The summed E-state index contributed by atoms with van der Waals surface area (Å²) in [6.07, 6.45) is 2.80. The van der Waals surface area contributed by atoms with Crippen LogP contribution >= 0.6 is 0 Å². The van der Waals surface area contributed by atoms with Gasteiger partial charge >= 0.3 is 0 Å². The van der Waals surface area contributed by atoms with Gasteiger partial charge < -0.3 is 15.0 Å². The van der Waals surface area contributed by atoms with Crippen molar-refractivity contribution in [3.63, 3.8) is 0 Å². The van der Waals surface area contributed by atoms with Crippen LogP contribution in [0.25, 0.3) is 0 Å². The number of hydrogen-bond donors (Lipinski definition) is 1. The van der Waals surface area contributed by atoms with E-state index in [0.717, 1.165) is 19.3 Å². The molecular weight excluding hydrogens is 230 g/mol. The summed E-state index contributed by atoms with van der Waals surface area (Å²) >= 11 is 0. The normalized spacial score (nSPS) is 20.5. The van der Waals surface area contributed by atoms with Gasteiger partial charge in [0, 0.05) is 6.61 Å². The lowest BCUT2D eigenvalue weighted by Gasteiger charge is -2.34. The second-order valence-corrected chi connectivity index (χ2v) is 6.17. The highest BCUT2D eigenvalue weighted by Gasteiger charge is 2.41. The van der Waals surface area contributed by atoms with E-state index in [1.807, 2.05) is 6.92 Å². The lowest BCUT2D eigenvalue weighted by molar-refractivity contribution is -0.0203. The summed E-state index contributed by atoms with van der Waals surface area (Å²) in [5, 5.41) is 4.06. The van der Waals surface area contributed by atoms with Crippen LogP contribution in [0, 0.1) is 5.41 Å². The molecule has 5 nitrogen and oxygen atoms in total. The highest BCUT2D eigenvalue weighted by atomic mass is 16.5. The molecule has 0 aliphatic heterocycles. The molecule has 1 saturated carbocycles. The molecule has 1 fully saturated rings. The summed E-state index contributed by atoms with van der Waals surface area (Å²) in [4.78, 5) is 4.46. The molecule has 0 saturated heterocycles. The van der Waals surface area contributed by atoms with Gasteiger partial charge in [-0.3, -0.25) is 0 Å². The third-order valence-corrected chi connectivity index (χ3v) is 3.47. The Balaban J connectivity index is 2.21. The van der Waals surface area contributed by atoms with Gasteiger partial charge in [-0.1, -0.05) is 25.9 Å². The molecule has 1 aliphatic carbocycles. The molecule has 0 bridgehead atoms. The van der Waals surface area contributed by atoms with Gasteiger partial charge in [0.15, 0.2) is 0 Å². The Morgan fingerprint density at radius 2 is 2.11 bits per heavy atom. The summed E-state index contributed by atoms with van der Waals surface area (Å²) in [5.41, 5.74) is 5.71. The zero-order valence-corrected chi connectivity index (χ0v) is 11.7. The lowest BCUT2D eigenvalue weighted by Crippen LogP contribution is -2.43. The molecule has 0 amide bonds. The maximum absolute atomic E-state index is 6.18. The Morgan fingerprint density at radius 3 is 2.56 bits per heavy atom. The second kappa shape index (κ2) is 4.63. The average molecular weight is 253 g/mol. The topological polar surface area (TPSA) is 74.2 Å². The fourth-order valence-electron chi connectivity index (χ4n) is 2.19. The largest absolute Gasteiger partial charge is 0.370 e. The van der Waals surface area contributed by atoms with Crippen LogP contribution in [-0.2, 0) is 10.3 Å². The third-order valence-electron chi connectivity index (χ3n) is 3.47. The Labute approximate surface area is 108 Å². The van der Waals surface area contributed by atoms with Gasteiger partial charge in [0.1, 0.15) is 6.10 Å². The first-order valence-electron chi connectivity index (χ1n) is 6.61. The van der Waals surface area contributed by atoms with Gasteiger partial charge in [0.05, 0.1) is 5.54 Å². The first-order chi connectivity index (χ1) is 8.37. The minimum atomic E-state index is -0.403. The highest BCUT2D eigenvalue weighted by molar-refractivity contribution is 5.08. The predicted octanol–water partition coefficient (Wildman–Crippen LogP) is 2.53. The minimum absolute atomic E-state index is 0.0709. The van der Waals surface area contributed by atoms with Crippen molar-refractivity contribution in [3.05, 3.63) is 11.7 Å². The van der Waals surface area contributed by atoms with Gasteiger partial charge in [-0.05, 0) is 31.6 Å². The van der Waals surface area contributed by atoms with Gasteiger partial charge in [-0.25, -0.2) is 0 Å².